The largest absolute Gasteiger partial charge is 0.374 e. The van der Waals surface area contributed by atoms with Crippen LogP contribution in [0.4, 0.5) is 5.13 Å². The monoisotopic (exact) mass is 328 g/mol. The van der Waals surface area contributed by atoms with Gasteiger partial charge >= 0.3 is 0 Å². The number of aromatic nitrogens is 5. The molecule has 4 aromatic rings. The van der Waals surface area contributed by atoms with Crippen LogP contribution in [-0.2, 0) is 0 Å². The van der Waals surface area contributed by atoms with E-state index in [4.69, 9.17) is 17.3 Å². The minimum atomic E-state index is 0.361. The average molecular weight is 329 g/mol. The predicted octanol–water partition coefficient (Wildman–Crippen LogP) is 3.38. The molecule has 108 valence electrons. The normalized spacial score (nSPS) is 11.1. The Kier molecular flexibility index (Phi) is 3.02. The number of nitrogen functional groups attached to an aromatic ring is 1. The minimum absolute atomic E-state index is 0.361. The van der Waals surface area contributed by atoms with Crippen molar-refractivity contribution < 1.29 is 0 Å². The first-order valence-corrected chi connectivity index (χ1v) is 7.58. The zero-order chi connectivity index (χ0) is 15.1. The summed E-state index contributed by atoms with van der Waals surface area (Å²) < 4.78 is 0. The minimum Gasteiger partial charge on any atom is -0.374 e. The zero-order valence-corrected chi connectivity index (χ0v) is 12.7. The number of H-pyrrole nitrogens is 1. The second kappa shape index (κ2) is 5.04. The first-order chi connectivity index (χ1) is 10.7. The van der Waals surface area contributed by atoms with Crippen LogP contribution in [0.2, 0.25) is 5.15 Å². The molecule has 22 heavy (non-hydrogen) atoms. The molecule has 0 radical (unpaired) electrons. The highest BCUT2D eigenvalue weighted by Gasteiger charge is 2.11. The van der Waals surface area contributed by atoms with Gasteiger partial charge < -0.3 is 10.7 Å². The van der Waals surface area contributed by atoms with Crippen molar-refractivity contribution in [1.29, 1.82) is 0 Å². The molecule has 0 fully saturated rings. The van der Waals surface area contributed by atoms with Crippen molar-refractivity contribution in [2.45, 2.75) is 0 Å². The molecule has 4 rings (SSSR count). The van der Waals surface area contributed by atoms with Gasteiger partial charge in [-0.3, -0.25) is 4.98 Å². The van der Waals surface area contributed by atoms with E-state index in [1.165, 1.54) is 17.5 Å². The number of fused-ring (bicyclic) bond motifs is 1. The van der Waals surface area contributed by atoms with Gasteiger partial charge in [-0.2, -0.15) is 0 Å². The van der Waals surface area contributed by atoms with Crippen LogP contribution in [0.25, 0.3) is 32.7 Å². The molecule has 0 unspecified atom stereocenters. The Bertz CT molecular complexity index is 976. The predicted molar refractivity (Wildman–Crippen MR) is 87.7 cm³/mol. The number of rotatable bonds is 2. The summed E-state index contributed by atoms with van der Waals surface area (Å²) in [7, 11) is 0. The van der Waals surface area contributed by atoms with E-state index in [1.54, 1.807) is 6.20 Å². The highest BCUT2D eigenvalue weighted by molar-refractivity contribution is 7.18. The molecule has 3 heterocycles. The molecule has 0 aliphatic carbocycles. The summed E-state index contributed by atoms with van der Waals surface area (Å²) in [6.07, 6.45) is 5.09. The van der Waals surface area contributed by atoms with E-state index in [1.807, 2.05) is 24.4 Å². The summed E-state index contributed by atoms with van der Waals surface area (Å²) in [5, 5.41) is 10.5. The standard InChI is InChI=1S/C14H9ClN6S/c15-12-6-17-5-11(19-12)9-4-18-10-2-1-7(3-8(9)10)13-20-21-14(16)22-13/h1-6,18H,(H2,16,21). The van der Waals surface area contributed by atoms with Crippen LogP contribution in [-0.4, -0.2) is 25.1 Å². The summed E-state index contributed by atoms with van der Waals surface area (Å²) >= 11 is 7.28. The summed E-state index contributed by atoms with van der Waals surface area (Å²) in [6, 6.07) is 6.00. The molecule has 0 amide bonds. The number of nitrogens with zero attached hydrogens (tertiary/aromatic N) is 4. The van der Waals surface area contributed by atoms with E-state index >= 15 is 0 Å². The van der Waals surface area contributed by atoms with Crippen LogP contribution in [0.15, 0.2) is 36.8 Å². The molecule has 0 bridgehead atoms. The number of hydrogen-bond acceptors (Lipinski definition) is 6. The molecule has 0 spiro atoms. The SMILES string of the molecule is Nc1nnc(-c2ccc3[nH]cc(-c4cncc(Cl)n4)c3c2)s1. The van der Waals surface area contributed by atoms with Gasteiger partial charge in [-0.1, -0.05) is 22.9 Å². The number of anilines is 1. The fourth-order valence-corrected chi connectivity index (χ4v) is 3.04. The van der Waals surface area contributed by atoms with Gasteiger partial charge in [0.2, 0.25) is 5.13 Å². The van der Waals surface area contributed by atoms with Crippen molar-refractivity contribution in [3.05, 3.63) is 41.9 Å². The summed E-state index contributed by atoms with van der Waals surface area (Å²) in [4.78, 5) is 11.6. The highest BCUT2D eigenvalue weighted by atomic mass is 35.5. The number of nitrogens with one attached hydrogen (secondary N) is 1. The second-order valence-electron chi connectivity index (χ2n) is 4.64. The first-order valence-electron chi connectivity index (χ1n) is 6.39. The van der Waals surface area contributed by atoms with E-state index in [0.29, 0.717) is 16.0 Å². The lowest BCUT2D eigenvalue weighted by molar-refractivity contribution is 1.10. The number of aromatic amines is 1. The maximum atomic E-state index is 5.93. The van der Waals surface area contributed by atoms with Crippen LogP contribution in [0, 0.1) is 0 Å². The third kappa shape index (κ3) is 2.20. The van der Waals surface area contributed by atoms with Crippen molar-refractivity contribution in [3.8, 4) is 21.8 Å². The topological polar surface area (TPSA) is 93.4 Å². The maximum absolute atomic E-state index is 5.93. The maximum Gasteiger partial charge on any atom is 0.203 e. The molecule has 8 heteroatoms. The van der Waals surface area contributed by atoms with Crippen LogP contribution in [0.1, 0.15) is 0 Å². The van der Waals surface area contributed by atoms with Crippen molar-refractivity contribution in [3.63, 3.8) is 0 Å². The molecule has 0 aliphatic heterocycles. The molecule has 1 aromatic carbocycles. The molecule has 0 aliphatic rings. The van der Waals surface area contributed by atoms with E-state index in [9.17, 15) is 0 Å². The Morgan fingerprint density at radius 1 is 1.18 bits per heavy atom. The van der Waals surface area contributed by atoms with Crippen LogP contribution >= 0.6 is 22.9 Å². The van der Waals surface area contributed by atoms with Gasteiger partial charge in [0.15, 0.2) is 0 Å². The Hall–Kier alpha value is -2.51. The Morgan fingerprint density at radius 3 is 2.86 bits per heavy atom. The number of halogens is 1. The molecular weight excluding hydrogens is 320 g/mol. The van der Waals surface area contributed by atoms with Crippen molar-refractivity contribution in [2.75, 3.05) is 5.73 Å². The number of benzene rings is 1. The molecule has 0 saturated heterocycles. The molecule has 3 N–H and O–H groups in total. The van der Waals surface area contributed by atoms with Gasteiger partial charge in [0.25, 0.3) is 0 Å². The Morgan fingerprint density at radius 2 is 2.09 bits per heavy atom. The van der Waals surface area contributed by atoms with E-state index in [2.05, 4.69) is 25.1 Å². The van der Waals surface area contributed by atoms with E-state index < -0.39 is 0 Å². The molecule has 0 atom stereocenters. The fraction of sp³-hybridized carbons (Fsp3) is 0. The lowest BCUT2D eigenvalue weighted by Gasteiger charge is -2.00. The quantitative estimate of drug-likeness (QED) is 0.588. The summed E-state index contributed by atoms with van der Waals surface area (Å²) in [5.74, 6) is 0. The third-order valence-electron chi connectivity index (χ3n) is 3.25. The van der Waals surface area contributed by atoms with Gasteiger partial charge in [-0.25, -0.2) is 4.98 Å². The molecule has 6 nitrogen and oxygen atoms in total. The van der Waals surface area contributed by atoms with Gasteiger partial charge in [0.05, 0.1) is 18.1 Å². The lowest BCUT2D eigenvalue weighted by atomic mass is 10.1. The highest BCUT2D eigenvalue weighted by Crippen LogP contribution is 2.32. The van der Waals surface area contributed by atoms with Crippen LogP contribution in [0.3, 0.4) is 0 Å². The van der Waals surface area contributed by atoms with E-state index in [0.717, 1.165) is 27.0 Å². The third-order valence-corrected chi connectivity index (χ3v) is 4.23. The summed E-state index contributed by atoms with van der Waals surface area (Å²) in [5.41, 5.74) is 9.26. The van der Waals surface area contributed by atoms with E-state index in [-0.39, 0.29) is 0 Å². The van der Waals surface area contributed by atoms with Crippen molar-refractivity contribution in [2.24, 2.45) is 0 Å². The average Bonchev–Trinajstić information content (AvgIpc) is 3.12. The van der Waals surface area contributed by atoms with Gasteiger partial charge in [0, 0.05) is 28.2 Å². The van der Waals surface area contributed by atoms with Gasteiger partial charge in [-0.15, -0.1) is 10.2 Å². The molecule has 0 saturated carbocycles. The number of nitrogens with two attached hydrogens (primary N) is 1. The smallest absolute Gasteiger partial charge is 0.203 e. The van der Waals surface area contributed by atoms with Gasteiger partial charge in [-0.05, 0) is 18.2 Å². The van der Waals surface area contributed by atoms with Gasteiger partial charge in [0.1, 0.15) is 10.2 Å². The molecular formula is C14H9ClN6S. The number of hydrogen-bond donors (Lipinski definition) is 2. The Balaban J connectivity index is 1.90. The fourth-order valence-electron chi connectivity index (χ4n) is 2.29. The zero-order valence-electron chi connectivity index (χ0n) is 11.1. The Labute approximate surface area is 134 Å². The first kappa shape index (κ1) is 13.2. The van der Waals surface area contributed by atoms with Crippen LogP contribution < -0.4 is 5.73 Å². The lowest BCUT2D eigenvalue weighted by Crippen LogP contribution is -1.85. The molecule has 3 aromatic heterocycles. The van der Waals surface area contributed by atoms with Crippen molar-refractivity contribution >= 4 is 39.0 Å². The van der Waals surface area contributed by atoms with Crippen LogP contribution in [0.5, 0.6) is 0 Å². The van der Waals surface area contributed by atoms with Crippen molar-refractivity contribution in [1.82, 2.24) is 25.1 Å². The summed E-state index contributed by atoms with van der Waals surface area (Å²) in [6.45, 7) is 0. The second-order valence-corrected chi connectivity index (χ2v) is 6.03.